The van der Waals surface area contributed by atoms with Crippen LogP contribution in [0.4, 0.5) is 24.5 Å². The van der Waals surface area contributed by atoms with E-state index in [-0.39, 0.29) is 24.7 Å². The van der Waals surface area contributed by atoms with E-state index in [0.29, 0.717) is 5.69 Å². The van der Waals surface area contributed by atoms with Crippen molar-refractivity contribution in [3.05, 3.63) is 59.2 Å². The van der Waals surface area contributed by atoms with E-state index in [1.807, 2.05) is 32.0 Å². The highest BCUT2D eigenvalue weighted by Crippen LogP contribution is 2.34. The molecule has 0 aliphatic rings. The Labute approximate surface area is 161 Å². The van der Waals surface area contributed by atoms with Gasteiger partial charge in [0, 0.05) is 5.69 Å². The fourth-order valence-electron chi connectivity index (χ4n) is 2.64. The maximum atomic E-state index is 13.0. The highest BCUT2D eigenvalue weighted by Gasteiger charge is 2.33. The number of hydrogen-bond donors (Lipinski definition) is 2. The summed E-state index contributed by atoms with van der Waals surface area (Å²) < 4.78 is 39.0. The Balaban J connectivity index is 1.93. The average Bonchev–Trinajstić information content (AvgIpc) is 2.57. The Kier molecular flexibility index (Phi) is 6.80. The molecule has 5 nitrogen and oxygen atoms in total. The molecule has 2 N–H and O–H groups in total. The Hall–Kier alpha value is -2.87. The Bertz CT molecular complexity index is 866. The summed E-state index contributed by atoms with van der Waals surface area (Å²) in [6.45, 7) is 3.46. The number of carbonyl (C=O) groups excluding carboxylic acids is 2. The van der Waals surface area contributed by atoms with Crippen LogP contribution in [0.25, 0.3) is 0 Å². The molecular formula is C20H22F3N3O2. The maximum absolute atomic E-state index is 13.0. The first-order valence-electron chi connectivity index (χ1n) is 8.58. The highest BCUT2D eigenvalue weighted by molar-refractivity contribution is 5.95. The first-order valence-corrected chi connectivity index (χ1v) is 8.58. The normalized spacial score (nSPS) is 11.4. The van der Waals surface area contributed by atoms with Gasteiger partial charge >= 0.3 is 6.18 Å². The number of alkyl halides is 3. The summed E-state index contributed by atoms with van der Waals surface area (Å²) in [5.74, 6) is -0.960. The highest BCUT2D eigenvalue weighted by atomic mass is 19.4. The van der Waals surface area contributed by atoms with Gasteiger partial charge in [-0.3, -0.25) is 14.5 Å². The third-order valence-electron chi connectivity index (χ3n) is 4.00. The number of nitrogens with one attached hydrogen (secondary N) is 2. The van der Waals surface area contributed by atoms with E-state index in [1.54, 1.807) is 0 Å². The summed E-state index contributed by atoms with van der Waals surface area (Å²) in [7, 11) is 1.54. The van der Waals surface area contributed by atoms with E-state index in [0.717, 1.165) is 17.2 Å². The van der Waals surface area contributed by atoms with Crippen LogP contribution in [0, 0.1) is 13.8 Å². The molecule has 0 heterocycles. The van der Waals surface area contributed by atoms with Crippen LogP contribution < -0.4 is 10.6 Å². The van der Waals surface area contributed by atoms with E-state index in [4.69, 9.17) is 0 Å². The molecule has 0 spiro atoms. The van der Waals surface area contributed by atoms with Gasteiger partial charge in [0.15, 0.2) is 0 Å². The van der Waals surface area contributed by atoms with Crippen LogP contribution in [0.2, 0.25) is 0 Å². The second kappa shape index (κ2) is 8.88. The number of carbonyl (C=O) groups is 2. The van der Waals surface area contributed by atoms with Crippen LogP contribution in [-0.2, 0) is 15.8 Å². The van der Waals surface area contributed by atoms with E-state index in [2.05, 4.69) is 10.6 Å². The van der Waals surface area contributed by atoms with Crippen LogP contribution in [0.5, 0.6) is 0 Å². The van der Waals surface area contributed by atoms with Crippen LogP contribution in [-0.4, -0.2) is 36.9 Å². The minimum atomic E-state index is -4.57. The summed E-state index contributed by atoms with van der Waals surface area (Å²) in [5, 5.41) is 5.03. The minimum Gasteiger partial charge on any atom is -0.325 e. The van der Waals surface area contributed by atoms with Crippen molar-refractivity contribution in [2.75, 3.05) is 30.8 Å². The third-order valence-corrected chi connectivity index (χ3v) is 4.00. The van der Waals surface area contributed by atoms with Gasteiger partial charge in [-0.1, -0.05) is 24.3 Å². The largest absolute Gasteiger partial charge is 0.418 e. The molecule has 2 rings (SSSR count). The van der Waals surface area contributed by atoms with Crippen molar-refractivity contribution in [3.8, 4) is 0 Å². The topological polar surface area (TPSA) is 61.4 Å². The lowest BCUT2D eigenvalue weighted by Crippen LogP contribution is -2.36. The molecule has 150 valence electrons. The number of rotatable bonds is 6. The van der Waals surface area contributed by atoms with E-state index >= 15 is 0 Å². The summed E-state index contributed by atoms with van der Waals surface area (Å²) in [4.78, 5) is 25.7. The summed E-state index contributed by atoms with van der Waals surface area (Å²) in [6.07, 6.45) is -4.57. The Morgan fingerprint density at radius 3 is 2.11 bits per heavy atom. The molecule has 0 aliphatic heterocycles. The number of likely N-dealkylation sites (N-methyl/N-ethyl adjacent to an activating group) is 1. The number of aryl methyl sites for hydroxylation is 2. The Morgan fingerprint density at radius 1 is 0.929 bits per heavy atom. The number of anilines is 2. The number of hydrogen-bond acceptors (Lipinski definition) is 3. The second-order valence-electron chi connectivity index (χ2n) is 6.63. The quantitative estimate of drug-likeness (QED) is 0.784. The van der Waals surface area contributed by atoms with Crippen LogP contribution in [0.15, 0.2) is 42.5 Å². The van der Waals surface area contributed by atoms with Gasteiger partial charge in [-0.2, -0.15) is 13.2 Å². The monoisotopic (exact) mass is 393 g/mol. The van der Waals surface area contributed by atoms with Crippen molar-refractivity contribution >= 4 is 23.2 Å². The van der Waals surface area contributed by atoms with Crippen LogP contribution >= 0.6 is 0 Å². The molecule has 2 aromatic rings. The van der Waals surface area contributed by atoms with E-state index < -0.39 is 17.6 Å². The lowest BCUT2D eigenvalue weighted by atomic mass is 10.1. The predicted molar refractivity (Wildman–Crippen MR) is 102 cm³/mol. The van der Waals surface area contributed by atoms with Gasteiger partial charge in [-0.05, 0) is 50.2 Å². The molecule has 0 aliphatic carbocycles. The molecule has 2 amide bonds. The van der Waals surface area contributed by atoms with Gasteiger partial charge in [0.2, 0.25) is 11.8 Å². The minimum absolute atomic E-state index is 0.0816. The van der Waals surface area contributed by atoms with E-state index in [9.17, 15) is 22.8 Å². The van der Waals surface area contributed by atoms with Crippen LogP contribution in [0.1, 0.15) is 16.7 Å². The molecule has 28 heavy (non-hydrogen) atoms. The van der Waals surface area contributed by atoms with Crippen molar-refractivity contribution in [1.82, 2.24) is 4.90 Å². The third kappa shape index (κ3) is 6.09. The summed E-state index contributed by atoms with van der Waals surface area (Å²) >= 11 is 0. The SMILES string of the molecule is Cc1ccc(C)c(NC(=O)CN(C)CC(=O)Nc2ccccc2C(F)(F)F)c1. The van der Waals surface area contributed by atoms with Crippen molar-refractivity contribution in [1.29, 1.82) is 0 Å². The zero-order chi connectivity index (χ0) is 20.9. The molecule has 0 saturated carbocycles. The molecule has 0 aromatic heterocycles. The second-order valence-corrected chi connectivity index (χ2v) is 6.63. The van der Waals surface area contributed by atoms with Gasteiger partial charge in [0.05, 0.1) is 24.3 Å². The van der Waals surface area contributed by atoms with Gasteiger partial charge in [0.25, 0.3) is 0 Å². The van der Waals surface area contributed by atoms with Crippen LogP contribution in [0.3, 0.4) is 0 Å². The molecule has 8 heteroatoms. The lowest BCUT2D eigenvalue weighted by molar-refractivity contribution is -0.137. The summed E-state index contributed by atoms with van der Waals surface area (Å²) in [6, 6.07) is 10.4. The van der Waals surface area contributed by atoms with Crippen molar-refractivity contribution in [2.24, 2.45) is 0 Å². The van der Waals surface area contributed by atoms with Gasteiger partial charge in [-0.15, -0.1) is 0 Å². The van der Waals surface area contributed by atoms with Crippen molar-refractivity contribution in [3.63, 3.8) is 0 Å². The van der Waals surface area contributed by atoms with Gasteiger partial charge in [0.1, 0.15) is 0 Å². The molecule has 2 aromatic carbocycles. The summed E-state index contributed by atoms with van der Waals surface area (Å²) in [5.41, 5.74) is 1.36. The first-order chi connectivity index (χ1) is 13.1. The predicted octanol–water partition coefficient (Wildman–Crippen LogP) is 3.83. The average molecular weight is 393 g/mol. The molecule has 0 saturated heterocycles. The maximum Gasteiger partial charge on any atom is 0.418 e. The molecule has 0 fully saturated rings. The molecule has 0 bridgehead atoms. The zero-order valence-electron chi connectivity index (χ0n) is 15.9. The van der Waals surface area contributed by atoms with Crippen molar-refractivity contribution in [2.45, 2.75) is 20.0 Å². The smallest absolute Gasteiger partial charge is 0.325 e. The molecule has 0 radical (unpaired) electrons. The zero-order valence-corrected chi connectivity index (χ0v) is 15.9. The molecule has 0 atom stereocenters. The molecule has 0 unspecified atom stereocenters. The molecular weight excluding hydrogens is 371 g/mol. The fourth-order valence-corrected chi connectivity index (χ4v) is 2.64. The number of benzene rings is 2. The Morgan fingerprint density at radius 2 is 1.50 bits per heavy atom. The number of nitrogens with zero attached hydrogens (tertiary/aromatic N) is 1. The van der Waals surface area contributed by atoms with Gasteiger partial charge < -0.3 is 10.6 Å². The first kappa shape index (κ1) is 21.4. The number of para-hydroxylation sites is 1. The van der Waals surface area contributed by atoms with E-state index in [1.165, 1.54) is 30.1 Å². The van der Waals surface area contributed by atoms with Gasteiger partial charge in [-0.25, -0.2) is 0 Å². The number of halogens is 3. The standard InChI is InChI=1S/C20H22F3N3O2/c1-13-8-9-14(2)17(10-13)25-19(28)12-26(3)11-18(27)24-16-7-5-4-6-15(16)20(21,22)23/h4-10H,11-12H2,1-3H3,(H,24,27)(H,25,28). The fraction of sp³-hybridized carbons (Fsp3) is 0.300. The van der Waals surface area contributed by atoms with Crippen molar-refractivity contribution < 1.29 is 22.8 Å². The number of amides is 2. The lowest BCUT2D eigenvalue weighted by Gasteiger charge is -2.18.